The normalized spacial score (nSPS) is 12.6. The lowest BCUT2D eigenvalue weighted by Crippen LogP contribution is -2.38. The van der Waals surface area contributed by atoms with Crippen molar-refractivity contribution >= 4 is 33.4 Å². The van der Waals surface area contributed by atoms with E-state index in [2.05, 4.69) is 29.8 Å². The predicted molar refractivity (Wildman–Crippen MR) is 75.5 cm³/mol. The molecule has 94 valence electrons. The van der Waals surface area contributed by atoms with Crippen LogP contribution in [0.3, 0.4) is 0 Å². The Morgan fingerprint density at radius 2 is 1.94 bits per heavy atom. The minimum absolute atomic E-state index is 0.0440. The molecule has 0 aromatic heterocycles. The molecule has 1 atom stereocenters. The average Bonchev–Trinajstić information content (AvgIpc) is 2.29. The fourth-order valence-electron chi connectivity index (χ4n) is 1.49. The third kappa shape index (κ3) is 3.23. The number of halogens is 2. The molecule has 0 bridgehead atoms. The van der Waals surface area contributed by atoms with Crippen molar-refractivity contribution in [1.29, 1.82) is 0 Å². The third-order valence-corrected chi connectivity index (χ3v) is 4.37. The lowest BCUT2D eigenvalue weighted by molar-refractivity contribution is 0.0707. The zero-order valence-electron chi connectivity index (χ0n) is 10.5. The van der Waals surface area contributed by atoms with Gasteiger partial charge >= 0.3 is 0 Å². The molecule has 0 saturated heterocycles. The SMILES string of the molecule is CC(C)C(C)N(C)C(=O)c1cccc(Br)c1Cl. The molecule has 0 saturated carbocycles. The molecule has 0 N–H and O–H groups in total. The molecular weight excluding hydrogens is 302 g/mol. The van der Waals surface area contributed by atoms with Crippen LogP contribution < -0.4 is 0 Å². The molecule has 0 aliphatic carbocycles. The Hall–Kier alpha value is -0.540. The highest BCUT2D eigenvalue weighted by molar-refractivity contribution is 9.10. The highest BCUT2D eigenvalue weighted by Gasteiger charge is 2.22. The van der Waals surface area contributed by atoms with Gasteiger partial charge in [-0.3, -0.25) is 4.79 Å². The standard InChI is InChI=1S/C13H17BrClNO/c1-8(2)9(3)16(4)13(17)10-6-5-7-11(14)12(10)15/h5-9H,1-4H3. The van der Waals surface area contributed by atoms with E-state index in [4.69, 9.17) is 11.6 Å². The van der Waals surface area contributed by atoms with Gasteiger partial charge in [-0.15, -0.1) is 0 Å². The van der Waals surface area contributed by atoms with E-state index in [1.54, 1.807) is 11.0 Å². The Labute approximate surface area is 116 Å². The maximum absolute atomic E-state index is 12.3. The van der Waals surface area contributed by atoms with Gasteiger partial charge < -0.3 is 4.90 Å². The second-order valence-corrected chi connectivity index (χ2v) is 5.73. The van der Waals surface area contributed by atoms with Crippen molar-refractivity contribution in [2.45, 2.75) is 26.8 Å². The van der Waals surface area contributed by atoms with Crippen LogP contribution in [0.15, 0.2) is 22.7 Å². The fourth-order valence-corrected chi connectivity index (χ4v) is 2.06. The molecule has 17 heavy (non-hydrogen) atoms. The summed E-state index contributed by atoms with van der Waals surface area (Å²) in [6, 6.07) is 5.57. The van der Waals surface area contributed by atoms with Crippen LogP contribution in [-0.4, -0.2) is 23.9 Å². The van der Waals surface area contributed by atoms with Crippen molar-refractivity contribution in [3.05, 3.63) is 33.3 Å². The van der Waals surface area contributed by atoms with Crippen molar-refractivity contribution in [1.82, 2.24) is 4.90 Å². The minimum atomic E-state index is -0.0440. The summed E-state index contributed by atoms with van der Waals surface area (Å²) in [6.07, 6.45) is 0. The second-order valence-electron chi connectivity index (χ2n) is 4.50. The van der Waals surface area contributed by atoms with Gasteiger partial charge in [0.1, 0.15) is 0 Å². The van der Waals surface area contributed by atoms with E-state index >= 15 is 0 Å². The first-order valence-corrected chi connectivity index (χ1v) is 6.74. The minimum Gasteiger partial charge on any atom is -0.339 e. The maximum atomic E-state index is 12.3. The lowest BCUT2D eigenvalue weighted by atomic mass is 10.0. The smallest absolute Gasteiger partial charge is 0.255 e. The molecule has 4 heteroatoms. The zero-order valence-corrected chi connectivity index (χ0v) is 12.8. The molecule has 0 aliphatic rings. The van der Waals surface area contributed by atoms with Crippen LogP contribution in [0.4, 0.5) is 0 Å². The molecule has 0 spiro atoms. The van der Waals surface area contributed by atoms with Gasteiger partial charge in [0.25, 0.3) is 5.91 Å². The summed E-state index contributed by atoms with van der Waals surface area (Å²) in [5.74, 6) is 0.368. The largest absolute Gasteiger partial charge is 0.339 e. The monoisotopic (exact) mass is 317 g/mol. The Kier molecular flexibility index (Phi) is 5.02. The van der Waals surface area contributed by atoms with Gasteiger partial charge in [0, 0.05) is 17.6 Å². The Bertz CT molecular complexity index is 420. The number of hydrogen-bond acceptors (Lipinski definition) is 1. The summed E-state index contributed by atoms with van der Waals surface area (Å²) in [6.45, 7) is 6.22. The van der Waals surface area contributed by atoms with Crippen LogP contribution in [-0.2, 0) is 0 Å². The van der Waals surface area contributed by atoms with Crippen LogP contribution in [0.5, 0.6) is 0 Å². The lowest BCUT2D eigenvalue weighted by Gasteiger charge is -2.28. The van der Waals surface area contributed by atoms with Gasteiger partial charge in [-0.1, -0.05) is 31.5 Å². The first-order chi connectivity index (χ1) is 7.86. The molecule has 1 rings (SSSR count). The molecule has 1 aromatic carbocycles. The van der Waals surface area contributed by atoms with Gasteiger partial charge in [0.2, 0.25) is 0 Å². The van der Waals surface area contributed by atoms with Crippen LogP contribution >= 0.6 is 27.5 Å². The Balaban J connectivity index is 3.01. The molecule has 0 fully saturated rings. The third-order valence-electron chi connectivity index (χ3n) is 3.08. The van der Waals surface area contributed by atoms with Crippen LogP contribution in [0, 0.1) is 5.92 Å². The van der Waals surface area contributed by atoms with Gasteiger partial charge in [0.15, 0.2) is 0 Å². The number of carbonyl (C=O) groups is 1. The van der Waals surface area contributed by atoms with Crippen LogP contribution in [0.25, 0.3) is 0 Å². The van der Waals surface area contributed by atoms with Crippen molar-refractivity contribution in [2.24, 2.45) is 5.92 Å². The molecule has 1 amide bonds. The summed E-state index contributed by atoms with van der Waals surface area (Å²) >= 11 is 9.45. The maximum Gasteiger partial charge on any atom is 0.255 e. The molecule has 1 unspecified atom stereocenters. The van der Waals surface area contributed by atoms with Gasteiger partial charge in [0.05, 0.1) is 10.6 Å². The summed E-state index contributed by atoms with van der Waals surface area (Å²) in [7, 11) is 1.81. The number of nitrogens with zero attached hydrogens (tertiary/aromatic N) is 1. The van der Waals surface area contributed by atoms with E-state index in [-0.39, 0.29) is 11.9 Å². The number of amides is 1. The quantitative estimate of drug-likeness (QED) is 0.817. The Morgan fingerprint density at radius 1 is 1.35 bits per heavy atom. The number of carbonyl (C=O) groups excluding carboxylic acids is 1. The fraction of sp³-hybridized carbons (Fsp3) is 0.462. The van der Waals surface area contributed by atoms with Gasteiger partial charge in [-0.25, -0.2) is 0 Å². The van der Waals surface area contributed by atoms with E-state index < -0.39 is 0 Å². The number of benzene rings is 1. The summed E-state index contributed by atoms with van der Waals surface area (Å²) < 4.78 is 0.746. The summed E-state index contributed by atoms with van der Waals surface area (Å²) in [5.41, 5.74) is 0.538. The van der Waals surface area contributed by atoms with E-state index in [1.807, 2.05) is 26.1 Å². The molecule has 1 aromatic rings. The van der Waals surface area contributed by atoms with Gasteiger partial charge in [-0.2, -0.15) is 0 Å². The van der Waals surface area contributed by atoms with Crippen molar-refractivity contribution in [3.63, 3.8) is 0 Å². The molecular formula is C13H17BrClNO. The number of hydrogen-bond donors (Lipinski definition) is 0. The zero-order chi connectivity index (χ0) is 13.2. The highest BCUT2D eigenvalue weighted by atomic mass is 79.9. The first kappa shape index (κ1) is 14.5. The number of rotatable bonds is 3. The van der Waals surface area contributed by atoms with E-state index in [0.29, 0.717) is 16.5 Å². The second kappa shape index (κ2) is 5.87. The van der Waals surface area contributed by atoms with Crippen molar-refractivity contribution in [3.8, 4) is 0 Å². The molecule has 2 nitrogen and oxygen atoms in total. The molecule has 0 aliphatic heterocycles. The van der Waals surface area contributed by atoms with Crippen molar-refractivity contribution < 1.29 is 4.79 Å². The summed E-state index contributed by atoms with van der Waals surface area (Å²) in [5, 5.41) is 0.473. The van der Waals surface area contributed by atoms with Gasteiger partial charge in [-0.05, 0) is 40.9 Å². The highest BCUT2D eigenvalue weighted by Crippen LogP contribution is 2.27. The predicted octanol–water partition coefficient (Wildman–Crippen LogP) is 4.22. The van der Waals surface area contributed by atoms with Crippen LogP contribution in [0.2, 0.25) is 5.02 Å². The van der Waals surface area contributed by atoms with Crippen LogP contribution in [0.1, 0.15) is 31.1 Å². The average molecular weight is 319 g/mol. The summed E-state index contributed by atoms with van der Waals surface area (Å²) in [4.78, 5) is 14.0. The topological polar surface area (TPSA) is 20.3 Å². The van der Waals surface area contributed by atoms with E-state index in [9.17, 15) is 4.79 Å². The Morgan fingerprint density at radius 3 is 2.47 bits per heavy atom. The molecule has 0 radical (unpaired) electrons. The first-order valence-electron chi connectivity index (χ1n) is 5.57. The van der Waals surface area contributed by atoms with Crippen molar-refractivity contribution in [2.75, 3.05) is 7.05 Å². The van der Waals surface area contributed by atoms with E-state index in [1.165, 1.54) is 0 Å². The van der Waals surface area contributed by atoms with E-state index in [0.717, 1.165) is 4.47 Å². The molecule has 0 heterocycles.